The molecular weight excluding hydrogens is 210 g/mol. The smallest absolute Gasteiger partial charge is 0.0992 e. The number of nitrogens with one attached hydrogen (secondary N) is 1. The van der Waals surface area contributed by atoms with Crippen molar-refractivity contribution in [1.82, 2.24) is 5.32 Å². The SMILES string of the molecule is CNC1(C)CCCN(c2cccc(C#N)c2)C1. The molecule has 1 aromatic rings. The molecule has 3 nitrogen and oxygen atoms in total. The van der Waals surface area contributed by atoms with E-state index in [1.54, 1.807) is 0 Å². The van der Waals surface area contributed by atoms with E-state index in [0.717, 1.165) is 24.3 Å². The maximum atomic E-state index is 8.93. The van der Waals surface area contributed by atoms with Gasteiger partial charge in [0.15, 0.2) is 0 Å². The lowest BCUT2D eigenvalue weighted by Gasteiger charge is -2.41. The molecular formula is C14H19N3. The molecule has 0 aromatic heterocycles. The summed E-state index contributed by atoms with van der Waals surface area (Å²) in [5.41, 5.74) is 2.07. The number of nitriles is 1. The minimum absolute atomic E-state index is 0.181. The summed E-state index contributed by atoms with van der Waals surface area (Å²) in [6, 6.07) is 10.1. The monoisotopic (exact) mass is 229 g/mol. The molecule has 0 saturated carbocycles. The Kier molecular flexibility index (Phi) is 3.35. The summed E-state index contributed by atoms with van der Waals surface area (Å²) in [5, 5.41) is 12.3. The van der Waals surface area contributed by atoms with Crippen molar-refractivity contribution in [3.05, 3.63) is 29.8 Å². The second kappa shape index (κ2) is 4.77. The van der Waals surface area contributed by atoms with Crippen molar-refractivity contribution in [2.45, 2.75) is 25.3 Å². The second-order valence-electron chi connectivity index (χ2n) is 5.00. The average Bonchev–Trinajstić information content (AvgIpc) is 2.39. The van der Waals surface area contributed by atoms with E-state index < -0.39 is 0 Å². The van der Waals surface area contributed by atoms with E-state index in [-0.39, 0.29) is 5.54 Å². The average molecular weight is 229 g/mol. The van der Waals surface area contributed by atoms with Gasteiger partial charge in [-0.3, -0.25) is 0 Å². The Morgan fingerprint density at radius 2 is 2.29 bits per heavy atom. The summed E-state index contributed by atoms with van der Waals surface area (Å²) in [5.74, 6) is 0. The van der Waals surface area contributed by atoms with Gasteiger partial charge in [-0.15, -0.1) is 0 Å². The summed E-state index contributed by atoms with van der Waals surface area (Å²) < 4.78 is 0. The molecule has 90 valence electrons. The molecule has 1 heterocycles. The van der Waals surface area contributed by atoms with E-state index in [1.807, 2.05) is 25.2 Å². The Morgan fingerprint density at radius 3 is 3.00 bits per heavy atom. The highest BCUT2D eigenvalue weighted by Gasteiger charge is 2.29. The number of likely N-dealkylation sites (N-methyl/N-ethyl adjacent to an activating group) is 1. The third kappa shape index (κ3) is 2.59. The summed E-state index contributed by atoms with van der Waals surface area (Å²) in [6.07, 6.45) is 2.39. The number of anilines is 1. The third-order valence-electron chi connectivity index (χ3n) is 3.64. The number of nitrogens with zero attached hydrogens (tertiary/aromatic N) is 2. The highest BCUT2D eigenvalue weighted by Crippen LogP contribution is 2.25. The first-order valence-electron chi connectivity index (χ1n) is 6.11. The van der Waals surface area contributed by atoms with Crippen molar-refractivity contribution in [1.29, 1.82) is 5.26 Å². The first kappa shape index (κ1) is 11.9. The van der Waals surface area contributed by atoms with Crippen LogP contribution in [0.4, 0.5) is 5.69 Å². The van der Waals surface area contributed by atoms with Crippen molar-refractivity contribution in [2.24, 2.45) is 0 Å². The van der Waals surface area contributed by atoms with Crippen LogP contribution in [0.5, 0.6) is 0 Å². The number of piperidine rings is 1. The van der Waals surface area contributed by atoms with E-state index in [1.165, 1.54) is 12.8 Å². The standard InChI is InChI=1S/C14H19N3/c1-14(16-2)7-4-8-17(11-14)13-6-3-5-12(9-13)10-15/h3,5-6,9,16H,4,7-8,11H2,1-2H3. The van der Waals surface area contributed by atoms with Crippen molar-refractivity contribution >= 4 is 5.69 Å². The summed E-state index contributed by atoms with van der Waals surface area (Å²) in [7, 11) is 2.02. The van der Waals surface area contributed by atoms with Crippen LogP contribution in [-0.2, 0) is 0 Å². The maximum absolute atomic E-state index is 8.93. The summed E-state index contributed by atoms with van der Waals surface area (Å²) in [4.78, 5) is 2.36. The molecule has 0 amide bonds. The Labute approximate surface area is 103 Å². The van der Waals surface area contributed by atoms with Gasteiger partial charge in [-0.1, -0.05) is 6.07 Å². The van der Waals surface area contributed by atoms with Gasteiger partial charge in [-0.25, -0.2) is 0 Å². The van der Waals surface area contributed by atoms with Crippen LogP contribution in [-0.4, -0.2) is 25.7 Å². The van der Waals surface area contributed by atoms with Crippen LogP contribution in [0.2, 0.25) is 0 Å². The molecule has 1 aromatic carbocycles. The first-order chi connectivity index (χ1) is 8.17. The lowest BCUT2D eigenvalue weighted by molar-refractivity contribution is 0.316. The molecule has 17 heavy (non-hydrogen) atoms. The van der Waals surface area contributed by atoms with Crippen molar-refractivity contribution in [2.75, 3.05) is 25.0 Å². The lowest BCUT2D eigenvalue weighted by atomic mass is 9.91. The predicted octanol–water partition coefficient (Wildman–Crippen LogP) is 2.14. The Bertz CT molecular complexity index is 435. The van der Waals surface area contributed by atoms with Gasteiger partial charge in [0, 0.05) is 24.3 Å². The molecule has 1 atom stereocenters. The first-order valence-corrected chi connectivity index (χ1v) is 6.11. The van der Waals surface area contributed by atoms with Crippen LogP contribution in [0.1, 0.15) is 25.3 Å². The van der Waals surface area contributed by atoms with E-state index in [9.17, 15) is 0 Å². The molecule has 3 heteroatoms. The maximum Gasteiger partial charge on any atom is 0.0992 e. The van der Waals surface area contributed by atoms with Crippen LogP contribution in [0, 0.1) is 11.3 Å². The zero-order valence-electron chi connectivity index (χ0n) is 10.5. The molecule has 1 saturated heterocycles. The number of hydrogen-bond acceptors (Lipinski definition) is 3. The highest BCUT2D eigenvalue weighted by atomic mass is 15.2. The fourth-order valence-electron chi connectivity index (χ4n) is 2.44. The molecule has 1 N–H and O–H groups in total. The molecule has 0 radical (unpaired) electrons. The van der Waals surface area contributed by atoms with Crippen LogP contribution < -0.4 is 10.2 Å². The van der Waals surface area contributed by atoms with Crippen LogP contribution in [0.25, 0.3) is 0 Å². The lowest BCUT2D eigenvalue weighted by Crippen LogP contribution is -2.53. The van der Waals surface area contributed by atoms with Crippen molar-refractivity contribution < 1.29 is 0 Å². The number of benzene rings is 1. The highest BCUT2D eigenvalue weighted by molar-refractivity contribution is 5.52. The minimum atomic E-state index is 0.181. The van der Waals surface area contributed by atoms with E-state index in [0.29, 0.717) is 0 Å². The quantitative estimate of drug-likeness (QED) is 0.844. The fourth-order valence-corrected chi connectivity index (χ4v) is 2.44. The normalized spacial score (nSPS) is 24.4. The second-order valence-corrected chi connectivity index (χ2v) is 5.00. The molecule has 2 rings (SSSR count). The third-order valence-corrected chi connectivity index (χ3v) is 3.64. The molecule has 1 aliphatic rings. The number of rotatable bonds is 2. The van der Waals surface area contributed by atoms with Crippen molar-refractivity contribution in [3.8, 4) is 6.07 Å². The molecule has 0 bridgehead atoms. The van der Waals surface area contributed by atoms with Gasteiger partial charge in [0.05, 0.1) is 11.6 Å². The van der Waals surface area contributed by atoms with Gasteiger partial charge in [-0.05, 0) is 45.0 Å². The largest absolute Gasteiger partial charge is 0.370 e. The van der Waals surface area contributed by atoms with Crippen molar-refractivity contribution in [3.63, 3.8) is 0 Å². The van der Waals surface area contributed by atoms with Gasteiger partial charge in [0.1, 0.15) is 0 Å². The van der Waals surface area contributed by atoms with Crippen LogP contribution >= 0.6 is 0 Å². The van der Waals surface area contributed by atoms with Gasteiger partial charge in [0.2, 0.25) is 0 Å². The molecule has 1 unspecified atom stereocenters. The van der Waals surface area contributed by atoms with Crippen LogP contribution in [0.15, 0.2) is 24.3 Å². The zero-order valence-corrected chi connectivity index (χ0v) is 10.5. The predicted molar refractivity (Wildman–Crippen MR) is 70.1 cm³/mol. The fraction of sp³-hybridized carbons (Fsp3) is 0.500. The minimum Gasteiger partial charge on any atom is -0.370 e. The van der Waals surface area contributed by atoms with Gasteiger partial charge in [0.25, 0.3) is 0 Å². The molecule has 0 spiro atoms. The Morgan fingerprint density at radius 1 is 1.47 bits per heavy atom. The Hall–Kier alpha value is -1.53. The molecule has 1 fully saturated rings. The topological polar surface area (TPSA) is 39.1 Å². The van der Waals surface area contributed by atoms with E-state index >= 15 is 0 Å². The van der Waals surface area contributed by atoms with Gasteiger partial charge < -0.3 is 10.2 Å². The van der Waals surface area contributed by atoms with E-state index in [4.69, 9.17) is 5.26 Å². The van der Waals surface area contributed by atoms with Crippen LogP contribution in [0.3, 0.4) is 0 Å². The van der Waals surface area contributed by atoms with Gasteiger partial charge >= 0.3 is 0 Å². The van der Waals surface area contributed by atoms with Gasteiger partial charge in [-0.2, -0.15) is 5.26 Å². The summed E-state index contributed by atoms with van der Waals surface area (Å²) in [6.45, 7) is 4.33. The molecule has 0 aliphatic carbocycles. The summed E-state index contributed by atoms with van der Waals surface area (Å²) >= 11 is 0. The Balaban J connectivity index is 2.19. The number of hydrogen-bond donors (Lipinski definition) is 1. The molecule has 1 aliphatic heterocycles. The zero-order chi connectivity index (χ0) is 12.3. The van der Waals surface area contributed by atoms with E-state index in [2.05, 4.69) is 29.3 Å².